The number of ether oxygens (including phenoxy) is 1. The van der Waals surface area contributed by atoms with Gasteiger partial charge >= 0.3 is 0 Å². The topological polar surface area (TPSA) is 148 Å². The summed E-state index contributed by atoms with van der Waals surface area (Å²) in [5.41, 5.74) is 11.7. The maximum atomic E-state index is 13.8. The summed E-state index contributed by atoms with van der Waals surface area (Å²) >= 11 is 1.67. The van der Waals surface area contributed by atoms with Gasteiger partial charge in [0.15, 0.2) is 0 Å². The van der Waals surface area contributed by atoms with E-state index in [9.17, 15) is 14.0 Å². The molecular weight excluding hydrogens is 495 g/mol. The molecule has 1 aliphatic carbocycles. The number of pyridine rings is 1. The van der Waals surface area contributed by atoms with E-state index in [1.165, 1.54) is 48.9 Å². The van der Waals surface area contributed by atoms with E-state index in [1.54, 1.807) is 18.0 Å². The van der Waals surface area contributed by atoms with E-state index >= 15 is 0 Å². The quantitative estimate of drug-likeness (QED) is 0.236. The van der Waals surface area contributed by atoms with Crippen LogP contribution >= 0.6 is 11.9 Å². The second kappa shape index (κ2) is 12.7. The van der Waals surface area contributed by atoms with Crippen molar-refractivity contribution < 1.29 is 13.9 Å². The SMILES string of the molecule is CCCCCNSC1(CO/C(N)=c2/c(=C\N)cc(C(=O)NCc3ccc(C#N)c(F)c3)c(=O)n2C)CC1. The average Bonchev–Trinajstić information content (AvgIpc) is 3.67. The van der Waals surface area contributed by atoms with Gasteiger partial charge in [-0.25, -0.2) is 4.39 Å². The maximum Gasteiger partial charge on any atom is 0.263 e. The zero-order valence-electron chi connectivity index (χ0n) is 21.1. The van der Waals surface area contributed by atoms with E-state index in [0.717, 1.165) is 31.9 Å². The molecule has 1 saturated carbocycles. The molecule has 0 unspecified atom stereocenters. The van der Waals surface area contributed by atoms with Crippen molar-refractivity contribution in [2.45, 2.75) is 50.3 Å². The first-order valence-electron chi connectivity index (χ1n) is 12.2. The van der Waals surface area contributed by atoms with Crippen LogP contribution in [0, 0.1) is 17.1 Å². The van der Waals surface area contributed by atoms with E-state index in [1.807, 2.05) is 0 Å². The van der Waals surface area contributed by atoms with Crippen LogP contribution in [0.4, 0.5) is 4.39 Å². The number of unbranched alkanes of at least 4 members (excludes halogenated alkanes) is 2. The molecule has 0 radical (unpaired) electrons. The van der Waals surface area contributed by atoms with Crippen molar-refractivity contribution in [2.75, 3.05) is 13.2 Å². The zero-order chi connectivity index (χ0) is 27.0. The van der Waals surface area contributed by atoms with Crippen molar-refractivity contribution in [2.24, 2.45) is 18.5 Å². The van der Waals surface area contributed by atoms with Crippen LogP contribution < -0.4 is 37.6 Å². The molecule has 2 aromatic rings. The zero-order valence-corrected chi connectivity index (χ0v) is 21.9. The van der Waals surface area contributed by atoms with E-state index in [2.05, 4.69) is 17.0 Å². The molecule has 6 N–H and O–H groups in total. The van der Waals surface area contributed by atoms with E-state index in [4.69, 9.17) is 21.5 Å². The van der Waals surface area contributed by atoms with Crippen LogP contribution in [0.5, 0.6) is 0 Å². The standard InChI is InChI=1S/C26H33FN6O3S/c1-3-4-5-10-32-37-26(8-9-26)16-36-23(30)22-19(14-29)12-20(25(35)33(22)2)24(34)31-15-17-6-7-18(13-28)21(27)11-17/h6-7,11-12,14,32H,3-5,8-10,15-16,29-30H2,1-2H3,(H,31,34)/b19-14-,23-22-. The summed E-state index contributed by atoms with van der Waals surface area (Å²) in [6.45, 7) is 3.45. The first-order chi connectivity index (χ1) is 17.7. The number of carbonyl (C=O) groups is 1. The first kappa shape index (κ1) is 28.1. The largest absolute Gasteiger partial charge is 0.476 e. The van der Waals surface area contributed by atoms with Crippen molar-refractivity contribution in [3.05, 3.63) is 67.7 Å². The monoisotopic (exact) mass is 528 g/mol. The number of carbonyl (C=O) groups excluding carboxylic acids is 1. The van der Waals surface area contributed by atoms with Crippen LogP contribution in [0.15, 0.2) is 29.1 Å². The number of rotatable bonds is 12. The summed E-state index contributed by atoms with van der Waals surface area (Å²) in [5.74, 6) is -1.28. The van der Waals surface area contributed by atoms with Gasteiger partial charge in [0.2, 0.25) is 5.88 Å². The third-order valence-corrected chi connectivity index (χ3v) is 7.49. The predicted octanol–water partition coefficient (Wildman–Crippen LogP) is 1.02. The number of nitrogens with two attached hydrogens (primary N) is 2. The highest BCUT2D eigenvalue weighted by Gasteiger charge is 2.44. The number of halogens is 1. The second-order valence-electron chi connectivity index (χ2n) is 9.04. The fraction of sp³-hybridized carbons (Fsp3) is 0.423. The van der Waals surface area contributed by atoms with Gasteiger partial charge in [-0.05, 0) is 43.0 Å². The highest BCUT2D eigenvalue weighted by atomic mass is 32.2. The lowest BCUT2D eigenvalue weighted by Gasteiger charge is -2.17. The van der Waals surface area contributed by atoms with Crippen molar-refractivity contribution in [1.82, 2.24) is 14.6 Å². The molecule has 0 atom stereocenters. The number of aromatic nitrogens is 1. The molecule has 3 rings (SSSR count). The fourth-order valence-electron chi connectivity index (χ4n) is 3.74. The molecule has 1 heterocycles. The van der Waals surface area contributed by atoms with Crippen LogP contribution in [0.25, 0.3) is 12.1 Å². The number of hydrogen-bond donors (Lipinski definition) is 4. The highest BCUT2D eigenvalue weighted by molar-refractivity contribution is 7.99. The Balaban J connectivity index is 1.74. The molecule has 0 bridgehead atoms. The molecule has 9 nitrogen and oxygen atoms in total. The van der Waals surface area contributed by atoms with Crippen LogP contribution in [0.3, 0.4) is 0 Å². The van der Waals surface area contributed by atoms with Gasteiger partial charge in [0.05, 0.1) is 10.3 Å². The van der Waals surface area contributed by atoms with Gasteiger partial charge in [0, 0.05) is 31.6 Å². The third kappa shape index (κ3) is 7.05. The van der Waals surface area contributed by atoms with Gasteiger partial charge in [-0.3, -0.25) is 14.3 Å². The van der Waals surface area contributed by atoms with Crippen LogP contribution in [-0.2, 0) is 18.3 Å². The van der Waals surface area contributed by atoms with Gasteiger partial charge in [-0.1, -0.05) is 37.8 Å². The summed E-state index contributed by atoms with van der Waals surface area (Å²) in [6, 6.07) is 7.13. The molecule has 37 heavy (non-hydrogen) atoms. The Morgan fingerprint density at radius 1 is 1.35 bits per heavy atom. The maximum absolute atomic E-state index is 13.8. The fourth-order valence-corrected chi connectivity index (χ4v) is 4.72. The van der Waals surface area contributed by atoms with Gasteiger partial charge < -0.3 is 26.1 Å². The number of amides is 1. The Kier molecular flexibility index (Phi) is 9.60. The van der Waals surface area contributed by atoms with Crippen LogP contribution in [0.2, 0.25) is 0 Å². The van der Waals surface area contributed by atoms with Crippen molar-refractivity contribution in [3.63, 3.8) is 0 Å². The van der Waals surface area contributed by atoms with Crippen molar-refractivity contribution in [1.29, 1.82) is 5.26 Å². The Morgan fingerprint density at radius 2 is 2.11 bits per heavy atom. The van der Waals surface area contributed by atoms with Gasteiger partial charge in [-0.15, -0.1) is 0 Å². The minimum atomic E-state index is -0.681. The van der Waals surface area contributed by atoms with E-state index in [-0.39, 0.29) is 33.7 Å². The Labute approximate surface area is 219 Å². The lowest BCUT2D eigenvalue weighted by atomic mass is 10.1. The van der Waals surface area contributed by atoms with Gasteiger partial charge in [0.25, 0.3) is 11.5 Å². The van der Waals surface area contributed by atoms with Crippen LogP contribution in [-0.4, -0.2) is 28.4 Å². The van der Waals surface area contributed by atoms with Crippen LogP contribution in [0.1, 0.15) is 60.5 Å². The molecule has 1 aliphatic rings. The Morgan fingerprint density at radius 3 is 2.73 bits per heavy atom. The molecule has 198 valence electrons. The number of nitrogens with zero attached hydrogens (tertiary/aromatic N) is 2. The summed E-state index contributed by atoms with van der Waals surface area (Å²) in [5, 5.41) is 12.1. The molecule has 0 spiro atoms. The first-order valence-corrected chi connectivity index (χ1v) is 13.0. The Hall–Kier alpha value is -3.49. The van der Waals surface area contributed by atoms with Crippen molar-refractivity contribution in [3.8, 4) is 6.07 Å². The Bertz CT molecular complexity index is 1360. The molecule has 0 aliphatic heterocycles. The lowest BCUT2D eigenvalue weighted by Crippen LogP contribution is -2.48. The molecule has 1 aromatic heterocycles. The predicted molar refractivity (Wildman–Crippen MR) is 143 cm³/mol. The normalized spacial score (nSPS) is 15.1. The molecule has 0 saturated heterocycles. The number of hydrogen-bond acceptors (Lipinski definition) is 8. The minimum Gasteiger partial charge on any atom is -0.476 e. The summed E-state index contributed by atoms with van der Waals surface area (Å²) in [4.78, 5) is 25.8. The summed E-state index contributed by atoms with van der Waals surface area (Å²) in [6.07, 6.45) is 6.74. The molecule has 1 aromatic carbocycles. The lowest BCUT2D eigenvalue weighted by molar-refractivity contribution is 0.0948. The van der Waals surface area contributed by atoms with E-state index in [0.29, 0.717) is 17.4 Å². The summed E-state index contributed by atoms with van der Waals surface area (Å²) < 4.78 is 24.3. The van der Waals surface area contributed by atoms with Gasteiger partial charge in [-0.2, -0.15) is 5.26 Å². The number of nitrogens with one attached hydrogen (secondary N) is 2. The highest BCUT2D eigenvalue weighted by Crippen LogP contribution is 2.47. The minimum absolute atomic E-state index is 0.0301. The molecule has 11 heteroatoms. The van der Waals surface area contributed by atoms with Gasteiger partial charge in [0.1, 0.15) is 29.4 Å². The average molecular weight is 529 g/mol. The van der Waals surface area contributed by atoms with Crippen molar-refractivity contribution >= 4 is 29.9 Å². The third-order valence-electron chi connectivity index (χ3n) is 6.18. The molecular formula is C26H33FN6O3S. The second-order valence-corrected chi connectivity index (χ2v) is 10.4. The molecule has 1 fully saturated rings. The van der Waals surface area contributed by atoms with E-state index < -0.39 is 17.3 Å². The number of benzene rings is 1. The number of nitriles is 1. The smallest absolute Gasteiger partial charge is 0.263 e. The molecule has 1 amide bonds. The summed E-state index contributed by atoms with van der Waals surface area (Å²) in [7, 11) is 1.49.